The minimum absolute atomic E-state index is 0.329. The Hall–Kier alpha value is -2.82. The number of phenolic OH excluding ortho intramolecular Hbond substituents is 1. The van der Waals surface area contributed by atoms with E-state index in [9.17, 15) is 27.9 Å². The maximum atomic E-state index is 14.4. The van der Waals surface area contributed by atoms with Crippen LogP contribution in [-0.4, -0.2) is 46.3 Å². The molecule has 7 N–H and O–H groups in total. The van der Waals surface area contributed by atoms with Crippen molar-refractivity contribution in [3.8, 4) is 5.75 Å². The fraction of sp³-hybridized carbons (Fsp3) is 0.591. The van der Waals surface area contributed by atoms with Crippen molar-refractivity contribution in [2.45, 2.75) is 70.0 Å². The highest BCUT2D eigenvalue weighted by atomic mass is 19.2. The van der Waals surface area contributed by atoms with Crippen LogP contribution in [0.3, 0.4) is 0 Å². The van der Waals surface area contributed by atoms with E-state index in [0.717, 1.165) is 25.7 Å². The lowest BCUT2D eigenvalue weighted by molar-refractivity contribution is -0.139. The zero-order chi connectivity index (χ0) is 24.3. The number of amidine groups is 1. The van der Waals surface area contributed by atoms with Gasteiger partial charge in [0.25, 0.3) is 0 Å². The number of nitrogens with two attached hydrogens (primary N) is 2. The van der Waals surface area contributed by atoms with Crippen molar-refractivity contribution in [1.82, 2.24) is 10.2 Å². The van der Waals surface area contributed by atoms with E-state index in [4.69, 9.17) is 16.9 Å². The molecule has 1 saturated carbocycles. The van der Waals surface area contributed by atoms with Gasteiger partial charge in [-0.25, -0.2) is 13.2 Å². The molecule has 1 saturated heterocycles. The summed E-state index contributed by atoms with van der Waals surface area (Å²) >= 11 is 0. The topological polar surface area (TPSA) is 146 Å². The Morgan fingerprint density at radius 1 is 1.09 bits per heavy atom. The van der Waals surface area contributed by atoms with Crippen LogP contribution in [0, 0.1) is 28.8 Å². The fourth-order valence-electron chi connectivity index (χ4n) is 4.79. The van der Waals surface area contributed by atoms with Crippen molar-refractivity contribution in [3.63, 3.8) is 0 Å². The molecule has 0 spiro atoms. The summed E-state index contributed by atoms with van der Waals surface area (Å²) < 4.78 is 42.8. The highest BCUT2D eigenvalue weighted by Crippen LogP contribution is 2.31. The Morgan fingerprint density at radius 3 is 2.39 bits per heavy atom. The van der Waals surface area contributed by atoms with Crippen LogP contribution in [0.15, 0.2) is 0 Å². The van der Waals surface area contributed by atoms with Crippen molar-refractivity contribution >= 4 is 17.6 Å². The largest absolute Gasteiger partial charge is 0.504 e. The Morgan fingerprint density at radius 2 is 1.76 bits per heavy atom. The van der Waals surface area contributed by atoms with Crippen molar-refractivity contribution in [2.24, 2.45) is 17.4 Å². The predicted octanol–water partition coefficient (Wildman–Crippen LogP) is 2.00. The summed E-state index contributed by atoms with van der Waals surface area (Å²) in [6.45, 7) is -0.410. The zero-order valence-electron chi connectivity index (χ0n) is 18.3. The molecular weight excluding hydrogens is 439 g/mol. The number of aromatic hydroxyl groups is 1. The second-order valence-corrected chi connectivity index (χ2v) is 8.81. The number of phenols is 1. The van der Waals surface area contributed by atoms with Crippen LogP contribution in [0.25, 0.3) is 0 Å². The number of amides is 2. The maximum absolute atomic E-state index is 14.4. The van der Waals surface area contributed by atoms with E-state index in [-0.39, 0.29) is 5.91 Å². The second kappa shape index (κ2) is 10.4. The first-order chi connectivity index (χ1) is 15.6. The summed E-state index contributed by atoms with van der Waals surface area (Å²) in [5.41, 5.74) is 9.22. The highest BCUT2D eigenvalue weighted by Gasteiger charge is 2.37. The number of benzene rings is 1. The number of halogens is 3. The molecule has 0 aromatic heterocycles. The van der Waals surface area contributed by atoms with Gasteiger partial charge in [-0.15, -0.1) is 0 Å². The average molecular weight is 470 g/mol. The molecule has 0 radical (unpaired) electrons. The van der Waals surface area contributed by atoms with E-state index in [0.29, 0.717) is 31.7 Å². The van der Waals surface area contributed by atoms with Crippen molar-refractivity contribution in [2.75, 3.05) is 6.54 Å². The summed E-state index contributed by atoms with van der Waals surface area (Å²) in [5, 5.41) is 19.2. The molecule has 8 nitrogen and oxygen atoms in total. The number of nitrogen functional groups attached to an aromatic ring is 1. The van der Waals surface area contributed by atoms with Gasteiger partial charge >= 0.3 is 0 Å². The molecule has 1 aliphatic carbocycles. The number of hydrogen-bond donors (Lipinski definition) is 5. The van der Waals surface area contributed by atoms with E-state index < -0.39 is 64.7 Å². The van der Waals surface area contributed by atoms with Crippen LogP contribution in [0.4, 0.5) is 13.2 Å². The van der Waals surface area contributed by atoms with E-state index in [1.165, 1.54) is 11.3 Å². The molecule has 3 rings (SSSR count). The molecular formula is C22H30F3N5O3. The lowest BCUT2D eigenvalue weighted by Gasteiger charge is -2.29. The maximum Gasteiger partial charge on any atom is 0.243 e. The minimum atomic E-state index is -1.68. The number of hydrogen-bond acceptors (Lipinski definition) is 5. The third kappa shape index (κ3) is 5.23. The third-order valence-electron chi connectivity index (χ3n) is 6.56. The summed E-state index contributed by atoms with van der Waals surface area (Å²) in [6.07, 6.45) is 7.00. The molecule has 2 aliphatic rings. The summed E-state index contributed by atoms with van der Waals surface area (Å²) in [5.74, 6) is -7.81. The first-order valence-corrected chi connectivity index (χ1v) is 11.2. The van der Waals surface area contributed by atoms with Gasteiger partial charge in [0.1, 0.15) is 11.9 Å². The van der Waals surface area contributed by atoms with Crippen molar-refractivity contribution < 1.29 is 27.9 Å². The summed E-state index contributed by atoms with van der Waals surface area (Å²) in [6, 6.07) is -1.57. The van der Waals surface area contributed by atoms with Crippen LogP contribution < -0.4 is 16.8 Å². The fourth-order valence-corrected chi connectivity index (χ4v) is 4.79. The highest BCUT2D eigenvalue weighted by molar-refractivity contribution is 5.98. The normalized spacial score (nSPS) is 20.0. The van der Waals surface area contributed by atoms with Gasteiger partial charge in [-0.3, -0.25) is 15.0 Å². The Labute approximate surface area is 190 Å². The molecule has 0 unspecified atom stereocenters. The number of nitrogens with zero attached hydrogens (tertiary/aromatic N) is 1. The molecule has 2 atom stereocenters. The van der Waals surface area contributed by atoms with Gasteiger partial charge in [-0.1, -0.05) is 32.1 Å². The van der Waals surface area contributed by atoms with Crippen LogP contribution >= 0.6 is 0 Å². The Balaban J connectivity index is 1.66. The predicted molar refractivity (Wildman–Crippen MR) is 115 cm³/mol. The number of carbonyl (C=O) groups excluding carboxylic acids is 2. The minimum Gasteiger partial charge on any atom is -0.504 e. The van der Waals surface area contributed by atoms with Gasteiger partial charge in [-0.05, 0) is 25.2 Å². The molecule has 2 fully saturated rings. The first kappa shape index (κ1) is 24.8. The molecule has 1 aromatic rings. The monoisotopic (exact) mass is 469 g/mol. The van der Waals surface area contributed by atoms with Crippen LogP contribution in [-0.2, 0) is 16.1 Å². The molecule has 1 aliphatic heterocycles. The van der Waals surface area contributed by atoms with E-state index in [1.54, 1.807) is 0 Å². The van der Waals surface area contributed by atoms with Gasteiger partial charge in [-0.2, -0.15) is 0 Å². The number of carbonyl (C=O) groups is 2. The van der Waals surface area contributed by atoms with Gasteiger partial charge in [0.15, 0.2) is 23.2 Å². The Kier molecular flexibility index (Phi) is 7.83. The smallest absolute Gasteiger partial charge is 0.243 e. The van der Waals surface area contributed by atoms with Gasteiger partial charge < -0.3 is 26.8 Å². The molecule has 1 aromatic carbocycles. The molecule has 1 heterocycles. The lowest BCUT2D eigenvalue weighted by atomic mass is 9.84. The Bertz CT molecular complexity index is 907. The van der Waals surface area contributed by atoms with Crippen molar-refractivity contribution in [3.05, 3.63) is 28.6 Å². The average Bonchev–Trinajstić information content (AvgIpc) is 3.27. The molecule has 11 heteroatoms. The van der Waals surface area contributed by atoms with Crippen LogP contribution in [0.5, 0.6) is 5.75 Å². The van der Waals surface area contributed by atoms with E-state index >= 15 is 0 Å². The second-order valence-electron chi connectivity index (χ2n) is 8.81. The standard InChI is InChI=1S/C22H30F3N5O3/c23-16-12(17(24)19(31)15(18(16)25)20(27)28)10-29-21(32)14-7-4-8-30(14)22(33)13(26)9-11-5-2-1-3-6-11/h11,13-14,31H,1-10,26H2,(H3,27,28)(H,29,32)/t13-,14+/m1/s1. The van der Waals surface area contributed by atoms with Gasteiger partial charge in [0.2, 0.25) is 11.8 Å². The van der Waals surface area contributed by atoms with E-state index in [2.05, 4.69) is 5.32 Å². The molecule has 2 amide bonds. The lowest BCUT2D eigenvalue weighted by Crippen LogP contribution is -2.51. The third-order valence-corrected chi connectivity index (χ3v) is 6.56. The van der Waals surface area contributed by atoms with E-state index in [1.807, 2.05) is 0 Å². The quantitative estimate of drug-likeness (QED) is 0.236. The SMILES string of the molecule is N=C(N)c1c(O)c(F)c(CNC(=O)[C@@H]2CCCN2C(=O)[C@H](N)CC2CCCCC2)c(F)c1F. The first-order valence-electron chi connectivity index (χ1n) is 11.2. The zero-order valence-corrected chi connectivity index (χ0v) is 18.3. The van der Waals surface area contributed by atoms with Gasteiger partial charge in [0, 0.05) is 18.7 Å². The number of nitrogens with one attached hydrogen (secondary N) is 2. The number of likely N-dealkylation sites (tertiary alicyclic amines) is 1. The van der Waals surface area contributed by atoms with Crippen LogP contribution in [0.2, 0.25) is 0 Å². The summed E-state index contributed by atoms with van der Waals surface area (Å²) in [4.78, 5) is 27.0. The van der Waals surface area contributed by atoms with Crippen LogP contribution in [0.1, 0.15) is 62.5 Å². The molecule has 0 bridgehead atoms. The summed E-state index contributed by atoms with van der Waals surface area (Å²) in [7, 11) is 0. The molecule has 33 heavy (non-hydrogen) atoms. The van der Waals surface area contributed by atoms with Gasteiger partial charge in [0.05, 0.1) is 11.6 Å². The van der Waals surface area contributed by atoms with Crippen molar-refractivity contribution in [1.29, 1.82) is 5.41 Å². The number of rotatable bonds is 7. The molecule has 182 valence electrons.